The number of nitrogens with one attached hydrogen (secondary N) is 1. The highest BCUT2D eigenvalue weighted by atomic mass is 32.1. The average Bonchev–Trinajstić information content (AvgIpc) is 2.79. The second kappa shape index (κ2) is 8.22. The highest BCUT2D eigenvalue weighted by molar-refractivity contribution is 7.09. The highest BCUT2D eigenvalue weighted by Gasteiger charge is 2.10. The van der Waals surface area contributed by atoms with Crippen molar-refractivity contribution in [3.63, 3.8) is 0 Å². The van der Waals surface area contributed by atoms with Gasteiger partial charge in [-0.15, -0.1) is 11.3 Å². The van der Waals surface area contributed by atoms with Crippen LogP contribution in [-0.4, -0.2) is 44.2 Å². The van der Waals surface area contributed by atoms with Crippen LogP contribution in [-0.2, 0) is 16.1 Å². The van der Waals surface area contributed by atoms with Gasteiger partial charge in [-0.3, -0.25) is 9.69 Å². The number of ether oxygens (including phenoxy) is 1. The Bertz CT molecular complexity index is 314. The lowest BCUT2D eigenvalue weighted by molar-refractivity contribution is -0.122. The molecule has 0 saturated carbocycles. The summed E-state index contributed by atoms with van der Waals surface area (Å²) in [5.74, 6) is 0.0696. The normalized spacial score (nSPS) is 10.8. The van der Waals surface area contributed by atoms with Gasteiger partial charge in [0.25, 0.3) is 0 Å². The van der Waals surface area contributed by atoms with Crippen molar-refractivity contribution in [2.45, 2.75) is 13.5 Å². The largest absolute Gasteiger partial charge is 0.383 e. The Morgan fingerprint density at radius 1 is 1.59 bits per heavy atom. The first-order chi connectivity index (χ1) is 8.26. The molecule has 0 unspecified atom stereocenters. The van der Waals surface area contributed by atoms with Crippen molar-refractivity contribution in [1.29, 1.82) is 0 Å². The van der Waals surface area contributed by atoms with Crippen LogP contribution in [0.4, 0.5) is 0 Å². The van der Waals surface area contributed by atoms with Crippen molar-refractivity contribution in [1.82, 2.24) is 10.2 Å². The summed E-state index contributed by atoms with van der Waals surface area (Å²) in [6, 6.07) is 4.11. The van der Waals surface area contributed by atoms with Crippen molar-refractivity contribution in [2.24, 2.45) is 0 Å². The Hall–Kier alpha value is -0.910. The summed E-state index contributed by atoms with van der Waals surface area (Å²) < 4.78 is 5.06. The highest BCUT2D eigenvalue weighted by Crippen LogP contribution is 2.11. The zero-order valence-corrected chi connectivity index (χ0v) is 11.3. The fourth-order valence-electron chi connectivity index (χ4n) is 1.51. The Balaban J connectivity index is 2.44. The molecule has 1 heterocycles. The molecule has 0 bridgehead atoms. The minimum atomic E-state index is 0.0696. The first-order valence-electron chi connectivity index (χ1n) is 5.76. The summed E-state index contributed by atoms with van der Waals surface area (Å²) in [5, 5.41) is 4.87. The molecule has 1 aromatic rings. The molecule has 0 atom stereocenters. The van der Waals surface area contributed by atoms with E-state index in [-0.39, 0.29) is 5.91 Å². The maximum Gasteiger partial charge on any atom is 0.234 e. The lowest BCUT2D eigenvalue weighted by atomic mass is 10.4. The molecule has 0 spiro atoms. The fraction of sp³-hybridized carbons (Fsp3) is 0.583. The third kappa shape index (κ3) is 5.81. The monoisotopic (exact) mass is 256 g/mol. The van der Waals surface area contributed by atoms with Crippen LogP contribution in [0.15, 0.2) is 17.5 Å². The smallest absolute Gasteiger partial charge is 0.234 e. The van der Waals surface area contributed by atoms with Gasteiger partial charge in [-0.2, -0.15) is 0 Å². The first kappa shape index (κ1) is 14.2. The molecule has 4 nitrogen and oxygen atoms in total. The van der Waals surface area contributed by atoms with Gasteiger partial charge in [0.05, 0.1) is 13.2 Å². The van der Waals surface area contributed by atoms with Gasteiger partial charge in [0.15, 0.2) is 0 Å². The van der Waals surface area contributed by atoms with Crippen LogP contribution < -0.4 is 5.32 Å². The first-order valence-corrected chi connectivity index (χ1v) is 6.64. The van der Waals surface area contributed by atoms with E-state index in [0.29, 0.717) is 19.7 Å². The molecule has 1 aromatic heterocycles. The zero-order valence-electron chi connectivity index (χ0n) is 10.4. The number of amides is 1. The molecule has 1 amide bonds. The minimum Gasteiger partial charge on any atom is -0.383 e. The van der Waals surface area contributed by atoms with E-state index in [1.54, 1.807) is 18.4 Å². The summed E-state index contributed by atoms with van der Waals surface area (Å²) in [6.07, 6.45) is 0. The third-order valence-corrected chi connectivity index (χ3v) is 3.17. The van der Waals surface area contributed by atoms with E-state index in [1.165, 1.54) is 4.88 Å². The topological polar surface area (TPSA) is 41.6 Å². The van der Waals surface area contributed by atoms with Crippen LogP contribution in [0.3, 0.4) is 0 Å². The van der Waals surface area contributed by atoms with Gasteiger partial charge < -0.3 is 10.1 Å². The predicted octanol–water partition coefficient (Wildman–Crippen LogP) is 1.33. The van der Waals surface area contributed by atoms with Crippen molar-refractivity contribution >= 4 is 17.2 Å². The number of nitrogens with zero attached hydrogens (tertiary/aromatic N) is 1. The van der Waals surface area contributed by atoms with E-state index in [0.717, 1.165) is 13.1 Å². The zero-order chi connectivity index (χ0) is 12.5. The number of methoxy groups -OCH3 is 1. The van der Waals surface area contributed by atoms with Crippen LogP contribution in [0.1, 0.15) is 11.8 Å². The maximum absolute atomic E-state index is 11.6. The molecular formula is C12H20N2O2S. The van der Waals surface area contributed by atoms with Gasteiger partial charge in [-0.05, 0) is 18.4 Å². The van der Waals surface area contributed by atoms with Crippen LogP contribution in [0, 0.1) is 0 Å². The summed E-state index contributed by atoms with van der Waals surface area (Å²) >= 11 is 1.71. The molecule has 17 heavy (non-hydrogen) atoms. The molecule has 0 aromatic carbocycles. The second-order valence-corrected chi connectivity index (χ2v) is 4.77. The van der Waals surface area contributed by atoms with E-state index >= 15 is 0 Å². The number of carbonyl (C=O) groups is 1. The molecule has 1 N–H and O–H groups in total. The second-order valence-electron chi connectivity index (χ2n) is 3.74. The van der Waals surface area contributed by atoms with E-state index in [4.69, 9.17) is 4.74 Å². The Morgan fingerprint density at radius 2 is 2.41 bits per heavy atom. The van der Waals surface area contributed by atoms with Crippen LogP contribution >= 0.6 is 11.3 Å². The van der Waals surface area contributed by atoms with Gasteiger partial charge in [-0.1, -0.05) is 6.07 Å². The van der Waals surface area contributed by atoms with Crippen LogP contribution in [0.2, 0.25) is 0 Å². The molecule has 0 saturated heterocycles. The molecular weight excluding hydrogens is 236 g/mol. The molecule has 0 radical (unpaired) electrons. The number of thiophene rings is 1. The minimum absolute atomic E-state index is 0.0696. The average molecular weight is 256 g/mol. The molecule has 1 rings (SSSR count). The fourth-order valence-corrected chi connectivity index (χ4v) is 2.26. The molecule has 5 heteroatoms. The number of rotatable bonds is 8. The van der Waals surface area contributed by atoms with E-state index in [1.807, 2.05) is 13.0 Å². The number of carbonyl (C=O) groups excluding carboxylic acids is 1. The predicted molar refractivity (Wildman–Crippen MR) is 70.2 cm³/mol. The quantitative estimate of drug-likeness (QED) is 0.763. The van der Waals surface area contributed by atoms with Crippen molar-refractivity contribution < 1.29 is 9.53 Å². The summed E-state index contributed by atoms with van der Waals surface area (Å²) in [7, 11) is 1.68. The Kier molecular flexibility index (Phi) is 6.84. The van der Waals surface area contributed by atoms with Gasteiger partial charge >= 0.3 is 0 Å². The van der Waals surface area contributed by atoms with Gasteiger partial charge in [-0.25, -0.2) is 0 Å². The number of hydrogen-bond donors (Lipinski definition) is 1. The summed E-state index contributed by atoms with van der Waals surface area (Å²) in [6.45, 7) is 5.25. The Morgan fingerprint density at radius 3 is 3.00 bits per heavy atom. The van der Waals surface area contributed by atoms with E-state index < -0.39 is 0 Å². The summed E-state index contributed by atoms with van der Waals surface area (Å²) in [4.78, 5) is 14.9. The molecule has 0 fully saturated rings. The summed E-state index contributed by atoms with van der Waals surface area (Å²) in [5.41, 5.74) is 0. The van der Waals surface area contributed by atoms with Gasteiger partial charge in [0.1, 0.15) is 0 Å². The van der Waals surface area contributed by atoms with Crippen molar-refractivity contribution in [3.05, 3.63) is 22.4 Å². The molecule has 96 valence electrons. The van der Waals surface area contributed by atoms with Crippen LogP contribution in [0.5, 0.6) is 0 Å². The van der Waals surface area contributed by atoms with Crippen molar-refractivity contribution in [2.75, 3.05) is 33.4 Å². The van der Waals surface area contributed by atoms with Crippen molar-refractivity contribution in [3.8, 4) is 0 Å². The number of hydrogen-bond acceptors (Lipinski definition) is 4. The molecule has 0 aliphatic rings. The van der Waals surface area contributed by atoms with Gasteiger partial charge in [0.2, 0.25) is 5.91 Å². The standard InChI is InChI=1S/C12H20N2O2S/c1-3-13-12(15)10-14(6-7-16-2)9-11-5-4-8-17-11/h4-5,8H,3,6-7,9-10H2,1-2H3,(H,13,15). The van der Waals surface area contributed by atoms with Gasteiger partial charge in [0, 0.05) is 31.6 Å². The third-order valence-electron chi connectivity index (χ3n) is 2.31. The molecule has 0 aliphatic carbocycles. The molecule has 0 aliphatic heterocycles. The maximum atomic E-state index is 11.6. The van der Waals surface area contributed by atoms with E-state index in [2.05, 4.69) is 21.7 Å². The lowest BCUT2D eigenvalue weighted by Gasteiger charge is -2.20. The Labute approximate surface area is 107 Å². The number of likely N-dealkylation sites (N-methyl/N-ethyl adjacent to an activating group) is 1. The lowest BCUT2D eigenvalue weighted by Crippen LogP contribution is -2.38. The SMILES string of the molecule is CCNC(=O)CN(CCOC)Cc1cccs1. The van der Waals surface area contributed by atoms with Crippen LogP contribution in [0.25, 0.3) is 0 Å². The van der Waals surface area contributed by atoms with E-state index in [9.17, 15) is 4.79 Å².